The third-order valence-corrected chi connectivity index (χ3v) is 5.91. The van der Waals surface area contributed by atoms with Gasteiger partial charge in [-0.3, -0.25) is 14.4 Å². The molecular weight excluding hydrogens is 384 g/mol. The van der Waals surface area contributed by atoms with Crippen LogP contribution in [0.1, 0.15) is 28.4 Å². The van der Waals surface area contributed by atoms with Crippen molar-refractivity contribution in [2.75, 3.05) is 27.3 Å². The number of carbonyl (C=O) groups excluding carboxylic acids is 3. The summed E-state index contributed by atoms with van der Waals surface area (Å²) in [4.78, 5) is 41.9. The molecule has 2 saturated heterocycles. The van der Waals surface area contributed by atoms with E-state index in [2.05, 4.69) is 0 Å². The number of hydrogen-bond acceptors (Lipinski definition) is 5. The number of methoxy groups -OCH3 is 2. The minimum atomic E-state index is -0.456. The fraction of sp³-hybridized carbons (Fsp3) is 0.348. The average Bonchev–Trinajstić information content (AvgIpc) is 3.19. The number of piperazine rings is 1. The van der Waals surface area contributed by atoms with Crippen LogP contribution >= 0.6 is 0 Å². The first-order chi connectivity index (χ1) is 14.5. The number of fused-ring (bicyclic) bond motifs is 1. The zero-order chi connectivity index (χ0) is 21.3. The summed E-state index contributed by atoms with van der Waals surface area (Å²) in [6.07, 6.45) is 0.463. The normalized spacial score (nSPS) is 23.1. The van der Waals surface area contributed by atoms with Crippen LogP contribution in [0, 0.1) is 5.92 Å². The molecule has 2 aliphatic rings. The van der Waals surface area contributed by atoms with Crippen molar-refractivity contribution in [3.63, 3.8) is 0 Å². The van der Waals surface area contributed by atoms with Gasteiger partial charge in [0.15, 0.2) is 0 Å². The van der Waals surface area contributed by atoms with Crippen LogP contribution in [0.4, 0.5) is 0 Å². The first kappa shape index (κ1) is 19.9. The number of amides is 2. The Morgan fingerprint density at radius 2 is 1.70 bits per heavy atom. The molecule has 2 aliphatic heterocycles. The van der Waals surface area contributed by atoms with Gasteiger partial charge in [0.1, 0.15) is 12.3 Å². The topological polar surface area (TPSA) is 76.1 Å². The van der Waals surface area contributed by atoms with Gasteiger partial charge in [-0.2, -0.15) is 0 Å². The molecule has 2 aromatic carbocycles. The zero-order valence-corrected chi connectivity index (χ0v) is 17.0. The van der Waals surface area contributed by atoms with Crippen LogP contribution in [0.2, 0.25) is 0 Å². The van der Waals surface area contributed by atoms with Gasteiger partial charge in [-0.1, -0.05) is 30.3 Å². The van der Waals surface area contributed by atoms with Crippen molar-refractivity contribution in [2.45, 2.75) is 18.5 Å². The van der Waals surface area contributed by atoms with E-state index < -0.39 is 5.92 Å². The first-order valence-electron chi connectivity index (χ1n) is 9.90. The third kappa shape index (κ3) is 3.51. The number of esters is 1. The van der Waals surface area contributed by atoms with Crippen LogP contribution in [0.5, 0.6) is 5.75 Å². The minimum Gasteiger partial charge on any atom is -0.497 e. The van der Waals surface area contributed by atoms with E-state index in [9.17, 15) is 14.4 Å². The maximum Gasteiger partial charge on any atom is 0.311 e. The molecule has 156 valence electrons. The molecule has 0 spiro atoms. The maximum atomic E-state index is 13.1. The summed E-state index contributed by atoms with van der Waals surface area (Å²) in [7, 11) is 2.93. The Bertz CT molecular complexity index is 944. The van der Waals surface area contributed by atoms with Crippen molar-refractivity contribution < 1.29 is 23.9 Å². The second-order valence-corrected chi connectivity index (χ2v) is 7.59. The Hall–Kier alpha value is -3.35. The van der Waals surface area contributed by atoms with E-state index in [1.807, 2.05) is 30.3 Å². The van der Waals surface area contributed by atoms with Gasteiger partial charge >= 0.3 is 5.97 Å². The van der Waals surface area contributed by atoms with Gasteiger partial charge in [0.2, 0.25) is 5.91 Å². The molecule has 2 heterocycles. The van der Waals surface area contributed by atoms with E-state index in [-0.39, 0.29) is 36.4 Å². The quantitative estimate of drug-likeness (QED) is 0.726. The Kier molecular flexibility index (Phi) is 5.44. The lowest BCUT2D eigenvalue weighted by molar-refractivity contribution is -0.147. The highest BCUT2D eigenvalue weighted by Crippen LogP contribution is 2.43. The van der Waals surface area contributed by atoms with Gasteiger partial charge < -0.3 is 19.3 Å². The predicted octanol–water partition coefficient (Wildman–Crippen LogP) is 2.28. The molecule has 0 aliphatic carbocycles. The number of benzene rings is 2. The van der Waals surface area contributed by atoms with Crippen LogP contribution in [-0.4, -0.2) is 60.9 Å². The Morgan fingerprint density at radius 1 is 1.00 bits per heavy atom. The van der Waals surface area contributed by atoms with Crippen LogP contribution in [0.15, 0.2) is 54.6 Å². The van der Waals surface area contributed by atoms with Crippen LogP contribution in [0.3, 0.4) is 0 Å². The Labute approximate surface area is 175 Å². The van der Waals surface area contributed by atoms with Gasteiger partial charge in [0.05, 0.1) is 32.2 Å². The van der Waals surface area contributed by atoms with E-state index in [0.29, 0.717) is 24.3 Å². The monoisotopic (exact) mass is 408 g/mol. The molecule has 0 saturated carbocycles. The third-order valence-electron chi connectivity index (χ3n) is 5.91. The summed E-state index contributed by atoms with van der Waals surface area (Å²) in [5.41, 5.74) is 1.40. The lowest BCUT2D eigenvalue weighted by atomic mass is 9.93. The average molecular weight is 408 g/mol. The van der Waals surface area contributed by atoms with Crippen molar-refractivity contribution in [3.8, 4) is 5.75 Å². The Balaban J connectivity index is 1.59. The molecule has 2 fully saturated rings. The summed E-state index contributed by atoms with van der Waals surface area (Å²) in [5.74, 6) is -0.492. The molecule has 0 N–H and O–H groups in total. The zero-order valence-electron chi connectivity index (χ0n) is 17.0. The number of nitrogens with zero attached hydrogens (tertiary/aromatic N) is 2. The number of ether oxygens (including phenoxy) is 2. The van der Waals surface area contributed by atoms with Crippen LogP contribution in [-0.2, 0) is 14.3 Å². The van der Waals surface area contributed by atoms with E-state index >= 15 is 0 Å². The molecule has 2 amide bonds. The van der Waals surface area contributed by atoms with Crippen molar-refractivity contribution in [2.24, 2.45) is 5.92 Å². The van der Waals surface area contributed by atoms with E-state index in [4.69, 9.17) is 9.47 Å². The van der Waals surface area contributed by atoms with Crippen molar-refractivity contribution in [1.82, 2.24) is 9.80 Å². The number of rotatable bonds is 4. The van der Waals surface area contributed by atoms with Crippen molar-refractivity contribution >= 4 is 17.8 Å². The van der Waals surface area contributed by atoms with Gasteiger partial charge in [0, 0.05) is 12.1 Å². The van der Waals surface area contributed by atoms with Gasteiger partial charge in [-0.15, -0.1) is 0 Å². The summed E-state index contributed by atoms with van der Waals surface area (Å²) in [6, 6.07) is 15.7. The molecule has 2 aromatic rings. The summed E-state index contributed by atoms with van der Waals surface area (Å²) < 4.78 is 10.2. The number of carbonyl (C=O) groups is 3. The second kappa shape index (κ2) is 8.18. The standard InChI is InChI=1S/C23H24N2O5/c1-29-18-10-8-16(9-11-18)22(27)24-13-17-12-19(23(28)30-2)21(25(17)20(26)14-24)15-6-4-3-5-7-15/h3-11,17,19,21H,12-14H2,1-2H3/t17-,19-,21-/m0/s1. The van der Waals surface area contributed by atoms with Gasteiger partial charge in [0.25, 0.3) is 5.91 Å². The highest BCUT2D eigenvalue weighted by Gasteiger charge is 2.51. The highest BCUT2D eigenvalue weighted by atomic mass is 16.5. The lowest BCUT2D eigenvalue weighted by Crippen LogP contribution is -2.55. The van der Waals surface area contributed by atoms with E-state index in [0.717, 1.165) is 5.56 Å². The summed E-state index contributed by atoms with van der Waals surface area (Å²) >= 11 is 0. The summed E-state index contributed by atoms with van der Waals surface area (Å²) in [6.45, 7) is 0.367. The molecule has 3 atom stereocenters. The molecule has 0 aromatic heterocycles. The predicted molar refractivity (Wildman–Crippen MR) is 109 cm³/mol. The molecule has 7 nitrogen and oxygen atoms in total. The van der Waals surface area contributed by atoms with E-state index in [1.165, 1.54) is 7.11 Å². The SMILES string of the molecule is COC(=O)[C@H]1C[C@H]2CN(C(=O)c3ccc(OC)cc3)CC(=O)N2[C@H]1c1ccccc1. The molecular formula is C23H24N2O5. The largest absolute Gasteiger partial charge is 0.497 e. The van der Waals surface area contributed by atoms with Crippen LogP contribution in [0.25, 0.3) is 0 Å². The van der Waals surface area contributed by atoms with Crippen molar-refractivity contribution in [3.05, 3.63) is 65.7 Å². The van der Waals surface area contributed by atoms with E-state index in [1.54, 1.807) is 41.2 Å². The molecule has 7 heteroatoms. The molecule has 4 rings (SSSR count). The highest BCUT2D eigenvalue weighted by molar-refractivity contribution is 5.97. The Morgan fingerprint density at radius 3 is 2.33 bits per heavy atom. The van der Waals surface area contributed by atoms with Gasteiger partial charge in [-0.05, 0) is 36.2 Å². The molecule has 0 radical (unpaired) electrons. The van der Waals surface area contributed by atoms with Crippen molar-refractivity contribution in [1.29, 1.82) is 0 Å². The first-order valence-corrected chi connectivity index (χ1v) is 9.90. The molecule has 30 heavy (non-hydrogen) atoms. The summed E-state index contributed by atoms with van der Waals surface area (Å²) in [5, 5.41) is 0. The molecule has 0 bridgehead atoms. The smallest absolute Gasteiger partial charge is 0.311 e. The lowest BCUT2D eigenvalue weighted by Gasteiger charge is -2.40. The van der Waals surface area contributed by atoms with Gasteiger partial charge in [-0.25, -0.2) is 0 Å². The minimum absolute atomic E-state index is 0.0153. The second-order valence-electron chi connectivity index (χ2n) is 7.59. The fourth-order valence-electron chi connectivity index (χ4n) is 4.53. The molecule has 0 unspecified atom stereocenters. The number of hydrogen-bond donors (Lipinski definition) is 0. The fourth-order valence-corrected chi connectivity index (χ4v) is 4.53. The maximum absolute atomic E-state index is 13.1. The van der Waals surface area contributed by atoms with Crippen LogP contribution < -0.4 is 4.74 Å².